The minimum Gasteiger partial charge on any atom is -0.461 e. The van der Waals surface area contributed by atoms with Gasteiger partial charge >= 0.3 is 12.0 Å². The number of carbonyl (C=O) groups is 2. The molecule has 0 unspecified atom stereocenters. The summed E-state index contributed by atoms with van der Waals surface area (Å²) in [5.41, 5.74) is 1.57. The van der Waals surface area contributed by atoms with E-state index in [9.17, 15) is 9.59 Å². The van der Waals surface area contributed by atoms with E-state index in [0.29, 0.717) is 10.6 Å². The maximum Gasteiger partial charge on any atom is 0.354 e. The zero-order valence-corrected chi connectivity index (χ0v) is 12.0. The van der Waals surface area contributed by atoms with Crippen molar-refractivity contribution < 1.29 is 14.3 Å². The summed E-state index contributed by atoms with van der Waals surface area (Å²) >= 11 is 6.15. The van der Waals surface area contributed by atoms with Crippen LogP contribution in [0.15, 0.2) is 35.5 Å². The monoisotopic (exact) mass is 294 g/mol. The first-order chi connectivity index (χ1) is 9.54. The Morgan fingerprint density at radius 3 is 2.75 bits per heavy atom. The smallest absolute Gasteiger partial charge is 0.354 e. The van der Waals surface area contributed by atoms with Crippen molar-refractivity contribution in [3.05, 3.63) is 46.1 Å². The predicted molar refractivity (Wildman–Crippen MR) is 75.2 cm³/mol. The van der Waals surface area contributed by atoms with Gasteiger partial charge in [-0.3, -0.25) is 0 Å². The normalized spacial score (nSPS) is 18.4. The average molecular weight is 295 g/mol. The van der Waals surface area contributed by atoms with Crippen LogP contribution < -0.4 is 10.6 Å². The van der Waals surface area contributed by atoms with Gasteiger partial charge in [-0.15, -0.1) is 0 Å². The fourth-order valence-electron chi connectivity index (χ4n) is 2.07. The van der Waals surface area contributed by atoms with Crippen LogP contribution in [-0.4, -0.2) is 18.6 Å². The fraction of sp³-hybridized carbons (Fsp3) is 0.286. The summed E-state index contributed by atoms with van der Waals surface area (Å²) in [4.78, 5) is 23.6. The third-order valence-electron chi connectivity index (χ3n) is 3.04. The highest BCUT2D eigenvalue weighted by molar-refractivity contribution is 6.31. The number of esters is 1. The van der Waals surface area contributed by atoms with Crippen LogP contribution in [0.2, 0.25) is 5.02 Å². The molecular weight excluding hydrogens is 280 g/mol. The van der Waals surface area contributed by atoms with Crippen molar-refractivity contribution >= 4 is 23.6 Å². The molecule has 5 nitrogen and oxygen atoms in total. The molecule has 106 valence electrons. The molecule has 0 saturated carbocycles. The SMILES string of the molecule is CCOC(=O)C1=C(C)[C@H](c2ccccc2Cl)NC(=O)N1. The zero-order chi connectivity index (χ0) is 14.7. The van der Waals surface area contributed by atoms with Crippen LogP contribution in [0.5, 0.6) is 0 Å². The standard InChI is InChI=1S/C14H15ClN2O3/c1-3-20-13(18)12-8(2)11(16-14(19)17-12)9-6-4-5-7-10(9)15/h4-7,11H,3H2,1-2H3,(H2,16,17,19)/t11-/m1/s1. The molecule has 1 aliphatic heterocycles. The fourth-order valence-corrected chi connectivity index (χ4v) is 2.31. The van der Waals surface area contributed by atoms with Gasteiger partial charge in [0.15, 0.2) is 0 Å². The number of hydrogen-bond donors (Lipinski definition) is 2. The van der Waals surface area contributed by atoms with E-state index in [2.05, 4.69) is 10.6 Å². The maximum absolute atomic E-state index is 11.9. The average Bonchev–Trinajstić information content (AvgIpc) is 2.42. The van der Waals surface area contributed by atoms with Crippen LogP contribution in [-0.2, 0) is 9.53 Å². The summed E-state index contributed by atoms with van der Waals surface area (Å²) in [7, 11) is 0. The Labute approximate surface area is 121 Å². The van der Waals surface area contributed by atoms with Crippen molar-refractivity contribution in [2.24, 2.45) is 0 Å². The van der Waals surface area contributed by atoms with Gasteiger partial charge in [0.2, 0.25) is 0 Å². The van der Waals surface area contributed by atoms with Crippen LogP contribution >= 0.6 is 11.6 Å². The van der Waals surface area contributed by atoms with E-state index >= 15 is 0 Å². The summed E-state index contributed by atoms with van der Waals surface area (Å²) in [6.45, 7) is 3.71. The van der Waals surface area contributed by atoms with E-state index < -0.39 is 18.0 Å². The van der Waals surface area contributed by atoms with Crippen LogP contribution in [0.25, 0.3) is 0 Å². The molecule has 0 spiro atoms. The van der Waals surface area contributed by atoms with Crippen molar-refractivity contribution in [1.29, 1.82) is 0 Å². The molecule has 6 heteroatoms. The molecule has 20 heavy (non-hydrogen) atoms. The Kier molecular flexibility index (Phi) is 4.29. The number of halogens is 1. The van der Waals surface area contributed by atoms with E-state index in [1.165, 1.54) is 0 Å². The Hall–Kier alpha value is -2.01. The van der Waals surface area contributed by atoms with Gasteiger partial charge < -0.3 is 15.4 Å². The summed E-state index contributed by atoms with van der Waals surface area (Å²) < 4.78 is 4.94. The lowest BCUT2D eigenvalue weighted by atomic mass is 9.96. The van der Waals surface area contributed by atoms with Crippen molar-refractivity contribution in [1.82, 2.24) is 10.6 Å². The number of ether oxygens (including phenoxy) is 1. The van der Waals surface area contributed by atoms with Gasteiger partial charge in [-0.1, -0.05) is 29.8 Å². The van der Waals surface area contributed by atoms with Gasteiger partial charge in [0, 0.05) is 5.02 Å². The lowest BCUT2D eigenvalue weighted by Gasteiger charge is -2.28. The van der Waals surface area contributed by atoms with Gasteiger partial charge in [0.1, 0.15) is 5.70 Å². The largest absolute Gasteiger partial charge is 0.461 e. The molecule has 2 rings (SSSR count). The number of hydrogen-bond acceptors (Lipinski definition) is 3. The lowest BCUT2D eigenvalue weighted by Crippen LogP contribution is -2.45. The van der Waals surface area contributed by atoms with Crippen LogP contribution in [0.1, 0.15) is 25.5 Å². The van der Waals surface area contributed by atoms with Gasteiger partial charge in [0.25, 0.3) is 0 Å². The molecule has 0 aromatic heterocycles. The number of nitrogens with one attached hydrogen (secondary N) is 2. The quantitative estimate of drug-likeness (QED) is 0.842. The number of amides is 2. The van der Waals surface area contributed by atoms with E-state index in [1.807, 2.05) is 12.1 Å². The number of rotatable bonds is 3. The molecule has 1 heterocycles. The Morgan fingerprint density at radius 1 is 1.40 bits per heavy atom. The third-order valence-corrected chi connectivity index (χ3v) is 3.38. The first kappa shape index (κ1) is 14.4. The third kappa shape index (κ3) is 2.77. The van der Waals surface area contributed by atoms with Gasteiger partial charge in [-0.25, -0.2) is 9.59 Å². The van der Waals surface area contributed by atoms with E-state index in [-0.39, 0.29) is 12.3 Å². The number of benzene rings is 1. The van der Waals surface area contributed by atoms with Crippen molar-refractivity contribution in [3.8, 4) is 0 Å². The molecule has 2 amide bonds. The molecule has 0 saturated heterocycles. The Morgan fingerprint density at radius 2 is 2.10 bits per heavy atom. The lowest BCUT2D eigenvalue weighted by molar-refractivity contribution is -0.139. The molecule has 1 aliphatic rings. The molecule has 1 aromatic rings. The van der Waals surface area contributed by atoms with Crippen molar-refractivity contribution in [2.75, 3.05) is 6.61 Å². The molecular formula is C14H15ClN2O3. The molecule has 0 fully saturated rings. The van der Waals surface area contributed by atoms with Gasteiger partial charge in [-0.05, 0) is 31.1 Å². The van der Waals surface area contributed by atoms with Gasteiger partial charge in [0.05, 0.1) is 12.6 Å². The topological polar surface area (TPSA) is 67.4 Å². The van der Waals surface area contributed by atoms with E-state index in [0.717, 1.165) is 5.56 Å². The number of urea groups is 1. The minimum atomic E-state index is -0.545. The number of carbonyl (C=O) groups excluding carboxylic acids is 2. The highest BCUT2D eigenvalue weighted by Crippen LogP contribution is 2.31. The first-order valence-electron chi connectivity index (χ1n) is 6.24. The second-order valence-corrected chi connectivity index (χ2v) is 4.74. The summed E-state index contributed by atoms with van der Waals surface area (Å²) in [5.74, 6) is -0.545. The predicted octanol–water partition coefficient (Wildman–Crippen LogP) is 2.53. The van der Waals surface area contributed by atoms with Crippen LogP contribution in [0.3, 0.4) is 0 Å². The first-order valence-corrected chi connectivity index (χ1v) is 6.62. The Balaban J connectivity index is 2.43. The van der Waals surface area contributed by atoms with E-state index in [4.69, 9.17) is 16.3 Å². The maximum atomic E-state index is 11.9. The molecule has 0 aliphatic carbocycles. The molecule has 1 aromatic carbocycles. The van der Waals surface area contributed by atoms with Crippen LogP contribution in [0.4, 0.5) is 4.79 Å². The molecule has 0 bridgehead atoms. The molecule has 1 atom stereocenters. The van der Waals surface area contributed by atoms with Crippen molar-refractivity contribution in [2.45, 2.75) is 19.9 Å². The highest BCUT2D eigenvalue weighted by Gasteiger charge is 2.30. The Bertz CT molecular complexity index is 584. The minimum absolute atomic E-state index is 0.167. The summed E-state index contributed by atoms with van der Waals surface area (Å²) in [5, 5.41) is 5.76. The zero-order valence-electron chi connectivity index (χ0n) is 11.2. The second kappa shape index (κ2) is 5.96. The molecule has 0 radical (unpaired) electrons. The van der Waals surface area contributed by atoms with Gasteiger partial charge in [-0.2, -0.15) is 0 Å². The summed E-state index contributed by atoms with van der Waals surface area (Å²) in [6, 6.07) is 6.28. The molecule has 2 N–H and O–H groups in total. The van der Waals surface area contributed by atoms with Crippen molar-refractivity contribution in [3.63, 3.8) is 0 Å². The second-order valence-electron chi connectivity index (χ2n) is 4.33. The summed E-state index contributed by atoms with van der Waals surface area (Å²) in [6.07, 6.45) is 0. The van der Waals surface area contributed by atoms with Crippen LogP contribution in [0, 0.1) is 0 Å². The van der Waals surface area contributed by atoms with E-state index in [1.54, 1.807) is 26.0 Å². The highest BCUT2D eigenvalue weighted by atomic mass is 35.5.